The summed E-state index contributed by atoms with van der Waals surface area (Å²) in [5, 5.41) is 18.3. The van der Waals surface area contributed by atoms with Gasteiger partial charge in [-0.15, -0.1) is 0 Å². The number of anilines is 2. The Morgan fingerprint density at radius 2 is 1.84 bits per heavy atom. The van der Waals surface area contributed by atoms with Crippen molar-refractivity contribution in [1.82, 2.24) is 0 Å². The first kappa shape index (κ1) is 13.5. The lowest BCUT2D eigenvalue weighted by molar-refractivity contribution is 0.281. The Balaban J connectivity index is 2.43. The number of furan rings is 1. The number of nitrogens with two attached hydrogens (primary N) is 1. The van der Waals surface area contributed by atoms with E-state index < -0.39 is 0 Å². The molecule has 0 atom stereocenters. The van der Waals surface area contributed by atoms with Crippen molar-refractivity contribution >= 4 is 11.4 Å². The maximum absolute atomic E-state index is 9.13. The molecule has 0 saturated carbocycles. The first-order valence-electron chi connectivity index (χ1n) is 6.16. The standard InChI is InChI=1S/C14H18N2O3/c15-11-3-4-13(16(5-7-17)6-8-18)12(10-11)14-2-1-9-19-14/h1-4,9-10,17-18H,5-8,15H2. The normalized spacial score (nSPS) is 10.6. The Morgan fingerprint density at radius 3 is 2.42 bits per heavy atom. The van der Waals surface area contributed by atoms with Gasteiger partial charge in [0.15, 0.2) is 0 Å². The molecular weight excluding hydrogens is 244 g/mol. The van der Waals surface area contributed by atoms with Gasteiger partial charge in [0, 0.05) is 30.0 Å². The third-order valence-corrected chi connectivity index (χ3v) is 2.89. The van der Waals surface area contributed by atoms with E-state index in [1.54, 1.807) is 12.3 Å². The molecule has 2 rings (SSSR count). The number of nitrogens with zero attached hydrogens (tertiary/aromatic N) is 1. The molecule has 1 aromatic carbocycles. The number of aliphatic hydroxyl groups excluding tert-OH is 2. The molecule has 0 aliphatic carbocycles. The molecule has 0 saturated heterocycles. The van der Waals surface area contributed by atoms with Gasteiger partial charge in [0.2, 0.25) is 0 Å². The molecule has 5 heteroatoms. The number of hydrogen-bond donors (Lipinski definition) is 3. The summed E-state index contributed by atoms with van der Waals surface area (Å²) in [7, 11) is 0. The molecule has 0 bridgehead atoms. The molecule has 102 valence electrons. The minimum atomic E-state index is 0.0158. The maximum atomic E-state index is 9.13. The summed E-state index contributed by atoms with van der Waals surface area (Å²) in [6.07, 6.45) is 1.60. The zero-order valence-electron chi connectivity index (χ0n) is 10.6. The Bertz CT molecular complexity index is 505. The maximum Gasteiger partial charge on any atom is 0.136 e. The van der Waals surface area contributed by atoms with Gasteiger partial charge in [-0.3, -0.25) is 0 Å². The topological polar surface area (TPSA) is 82.9 Å². The SMILES string of the molecule is Nc1ccc(N(CCO)CCO)c(-c2ccco2)c1. The van der Waals surface area contributed by atoms with Crippen LogP contribution in [0.3, 0.4) is 0 Å². The molecule has 0 unspecified atom stereocenters. The number of rotatable bonds is 6. The summed E-state index contributed by atoms with van der Waals surface area (Å²) in [4.78, 5) is 1.90. The predicted octanol–water partition coefficient (Wildman–Crippen LogP) is 1.32. The lowest BCUT2D eigenvalue weighted by Gasteiger charge is -2.25. The predicted molar refractivity (Wildman–Crippen MR) is 74.9 cm³/mol. The van der Waals surface area contributed by atoms with Crippen LogP contribution in [-0.4, -0.2) is 36.5 Å². The first-order chi connectivity index (χ1) is 9.26. The highest BCUT2D eigenvalue weighted by Crippen LogP contribution is 2.32. The molecule has 5 nitrogen and oxygen atoms in total. The Hall–Kier alpha value is -1.98. The minimum absolute atomic E-state index is 0.0158. The lowest BCUT2D eigenvalue weighted by Crippen LogP contribution is -2.30. The third kappa shape index (κ3) is 3.07. The van der Waals surface area contributed by atoms with Gasteiger partial charge in [0.25, 0.3) is 0 Å². The average molecular weight is 262 g/mol. The van der Waals surface area contributed by atoms with Crippen molar-refractivity contribution in [1.29, 1.82) is 0 Å². The van der Waals surface area contributed by atoms with Gasteiger partial charge in [0.05, 0.1) is 19.5 Å². The van der Waals surface area contributed by atoms with Crippen LogP contribution >= 0.6 is 0 Å². The molecular formula is C14H18N2O3. The largest absolute Gasteiger partial charge is 0.464 e. The van der Waals surface area contributed by atoms with Crippen LogP contribution in [0.5, 0.6) is 0 Å². The molecule has 19 heavy (non-hydrogen) atoms. The Morgan fingerprint density at radius 1 is 1.11 bits per heavy atom. The summed E-state index contributed by atoms with van der Waals surface area (Å²) in [6, 6.07) is 9.16. The zero-order chi connectivity index (χ0) is 13.7. The second-order valence-electron chi connectivity index (χ2n) is 4.19. The van der Waals surface area contributed by atoms with Gasteiger partial charge in [-0.2, -0.15) is 0 Å². The molecule has 0 aliphatic heterocycles. The van der Waals surface area contributed by atoms with Gasteiger partial charge >= 0.3 is 0 Å². The van der Waals surface area contributed by atoms with Gasteiger partial charge in [-0.25, -0.2) is 0 Å². The highest BCUT2D eigenvalue weighted by molar-refractivity contribution is 5.78. The van der Waals surface area contributed by atoms with Crippen LogP contribution in [0.4, 0.5) is 11.4 Å². The van der Waals surface area contributed by atoms with Crippen molar-refractivity contribution in [3.05, 3.63) is 36.6 Å². The summed E-state index contributed by atoms with van der Waals surface area (Å²) < 4.78 is 5.41. The Kier molecular flexibility index (Phi) is 4.43. The smallest absolute Gasteiger partial charge is 0.136 e. The van der Waals surface area contributed by atoms with Gasteiger partial charge in [0.1, 0.15) is 5.76 Å². The number of benzene rings is 1. The van der Waals surface area contributed by atoms with Gasteiger partial charge < -0.3 is 25.3 Å². The molecule has 0 fully saturated rings. The van der Waals surface area contributed by atoms with Crippen LogP contribution in [0, 0.1) is 0 Å². The molecule has 0 amide bonds. The van der Waals surface area contributed by atoms with Crippen molar-refractivity contribution in [3.8, 4) is 11.3 Å². The summed E-state index contributed by atoms with van der Waals surface area (Å²) in [6.45, 7) is 0.917. The van der Waals surface area contributed by atoms with E-state index >= 15 is 0 Å². The summed E-state index contributed by atoms with van der Waals surface area (Å²) in [5.74, 6) is 0.711. The molecule has 1 heterocycles. The van der Waals surface area contributed by atoms with Crippen molar-refractivity contribution in [2.45, 2.75) is 0 Å². The fourth-order valence-corrected chi connectivity index (χ4v) is 2.05. The second kappa shape index (κ2) is 6.26. The average Bonchev–Trinajstić information content (AvgIpc) is 2.92. The van der Waals surface area contributed by atoms with Crippen molar-refractivity contribution in [3.63, 3.8) is 0 Å². The lowest BCUT2D eigenvalue weighted by atomic mass is 10.1. The van der Waals surface area contributed by atoms with Crippen LogP contribution in [0.2, 0.25) is 0 Å². The monoisotopic (exact) mass is 262 g/mol. The fourth-order valence-electron chi connectivity index (χ4n) is 2.05. The number of nitrogen functional groups attached to an aromatic ring is 1. The quantitative estimate of drug-likeness (QED) is 0.684. The van der Waals surface area contributed by atoms with E-state index in [-0.39, 0.29) is 13.2 Å². The first-order valence-corrected chi connectivity index (χ1v) is 6.16. The van der Waals surface area contributed by atoms with E-state index in [4.69, 9.17) is 20.4 Å². The highest BCUT2D eigenvalue weighted by atomic mass is 16.3. The van der Waals surface area contributed by atoms with Crippen molar-refractivity contribution < 1.29 is 14.6 Å². The molecule has 0 radical (unpaired) electrons. The van der Waals surface area contributed by atoms with E-state index in [1.807, 2.05) is 29.2 Å². The van der Waals surface area contributed by atoms with E-state index in [0.717, 1.165) is 11.3 Å². The molecule has 4 N–H and O–H groups in total. The van der Waals surface area contributed by atoms with E-state index in [9.17, 15) is 0 Å². The molecule has 0 spiro atoms. The van der Waals surface area contributed by atoms with Crippen molar-refractivity contribution in [2.75, 3.05) is 36.9 Å². The second-order valence-corrected chi connectivity index (χ2v) is 4.19. The van der Waals surface area contributed by atoms with E-state index in [2.05, 4.69) is 0 Å². The fraction of sp³-hybridized carbons (Fsp3) is 0.286. The van der Waals surface area contributed by atoms with Crippen LogP contribution in [0.15, 0.2) is 41.0 Å². The molecule has 1 aromatic heterocycles. The van der Waals surface area contributed by atoms with E-state index in [1.165, 1.54) is 0 Å². The van der Waals surface area contributed by atoms with Crippen LogP contribution < -0.4 is 10.6 Å². The van der Waals surface area contributed by atoms with Gasteiger partial charge in [-0.05, 0) is 30.3 Å². The highest BCUT2D eigenvalue weighted by Gasteiger charge is 2.14. The molecule has 2 aromatic rings. The number of hydrogen-bond acceptors (Lipinski definition) is 5. The summed E-state index contributed by atoms with van der Waals surface area (Å²) in [5.41, 5.74) is 8.20. The molecule has 0 aliphatic rings. The summed E-state index contributed by atoms with van der Waals surface area (Å²) >= 11 is 0. The van der Waals surface area contributed by atoms with Crippen LogP contribution in [-0.2, 0) is 0 Å². The third-order valence-electron chi connectivity index (χ3n) is 2.89. The number of aliphatic hydroxyl groups is 2. The zero-order valence-corrected chi connectivity index (χ0v) is 10.6. The Labute approximate surface area is 111 Å². The van der Waals surface area contributed by atoms with Crippen LogP contribution in [0.25, 0.3) is 11.3 Å². The minimum Gasteiger partial charge on any atom is -0.464 e. The van der Waals surface area contributed by atoms with E-state index in [0.29, 0.717) is 24.5 Å². The van der Waals surface area contributed by atoms with Crippen LogP contribution in [0.1, 0.15) is 0 Å². The van der Waals surface area contributed by atoms with Crippen molar-refractivity contribution in [2.24, 2.45) is 0 Å². The van der Waals surface area contributed by atoms with Gasteiger partial charge in [-0.1, -0.05) is 0 Å².